The van der Waals surface area contributed by atoms with Crippen molar-refractivity contribution < 1.29 is 23.9 Å². The number of nitrogens with zero attached hydrogens (tertiary/aromatic N) is 1. The molecule has 0 amide bonds. The number of halogens is 2. The van der Waals surface area contributed by atoms with Gasteiger partial charge in [-0.2, -0.15) is 0 Å². The Morgan fingerprint density at radius 3 is 2.54 bits per heavy atom. The van der Waals surface area contributed by atoms with E-state index in [1.54, 1.807) is 0 Å². The van der Waals surface area contributed by atoms with Crippen molar-refractivity contribution in [3.05, 3.63) is 56.1 Å². The molecular weight excluding hydrogens is 385 g/mol. The van der Waals surface area contributed by atoms with Crippen LogP contribution in [0.2, 0.25) is 10.0 Å². The largest absolute Gasteiger partial charge is 0.479 e. The van der Waals surface area contributed by atoms with Gasteiger partial charge in [0.1, 0.15) is 29.4 Å². The van der Waals surface area contributed by atoms with Gasteiger partial charge >= 0.3 is 5.97 Å². The highest BCUT2D eigenvalue weighted by molar-refractivity contribution is 6.36. The summed E-state index contributed by atoms with van der Waals surface area (Å²) in [6.07, 6.45) is 5.14. The summed E-state index contributed by atoms with van der Waals surface area (Å²) in [5.74, 6) is 1.96. The summed E-state index contributed by atoms with van der Waals surface area (Å²) in [7, 11) is 1.12. The highest BCUT2D eigenvalue weighted by Gasteiger charge is 2.22. The molecule has 0 fully saturated rings. The van der Waals surface area contributed by atoms with Crippen LogP contribution in [0.1, 0.15) is 10.4 Å². The standard InChI is InChI=1S/C17H11Cl2NO6/c1-3-6-25-15-9-16(13(19)8-12(15)18)26-10-4-5-14(20(22)23)11(7-10)17(21)24-2/h1,4-5,7-9H,6H2,2H3. The monoisotopic (exact) mass is 395 g/mol. The molecule has 0 bridgehead atoms. The molecule has 0 aliphatic carbocycles. The number of carbonyl (C=O) groups excluding carboxylic acids is 1. The predicted octanol–water partition coefficient (Wildman–Crippen LogP) is 4.49. The minimum atomic E-state index is -0.873. The van der Waals surface area contributed by atoms with Crippen molar-refractivity contribution in [3.63, 3.8) is 0 Å². The molecule has 0 spiro atoms. The summed E-state index contributed by atoms with van der Waals surface area (Å²) in [5.41, 5.74) is -0.673. The average Bonchev–Trinajstić information content (AvgIpc) is 2.62. The highest BCUT2D eigenvalue weighted by atomic mass is 35.5. The first-order valence-corrected chi connectivity index (χ1v) is 7.73. The number of nitro benzene ring substituents is 1. The van der Waals surface area contributed by atoms with Crippen LogP contribution < -0.4 is 9.47 Å². The molecule has 0 saturated heterocycles. The maximum atomic E-state index is 11.8. The van der Waals surface area contributed by atoms with Gasteiger partial charge < -0.3 is 14.2 Å². The van der Waals surface area contributed by atoms with Crippen LogP contribution in [0.5, 0.6) is 17.2 Å². The zero-order valence-electron chi connectivity index (χ0n) is 13.3. The number of terminal acetylenes is 1. The Balaban J connectivity index is 2.41. The molecule has 2 rings (SSSR count). The van der Waals surface area contributed by atoms with Crippen LogP contribution >= 0.6 is 23.2 Å². The summed E-state index contributed by atoms with van der Waals surface area (Å²) < 4.78 is 15.4. The summed E-state index contributed by atoms with van der Waals surface area (Å²) in [6, 6.07) is 6.44. The van der Waals surface area contributed by atoms with Crippen molar-refractivity contribution in [2.75, 3.05) is 13.7 Å². The van der Waals surface area contributed by atoms with E-state index in [9.17, 15) is 14.9 Å². The van der Waals surface area contributed by atoms with Gasteiger partial charge in [0.05, 0.1) is 22.1 Å². The molecule has 7 nitrogen and oxygen atoms in total. The SMILES string of the molecule is C#CCOc1cc(Oc2ccc([N+](=O)[O-])c(C(=O)OC)c2)c(Cl)cc1Cl. The zero-order chi connectivity index (χ0) is 19.3. The second-order valence-corrected chi connectivity index (χ2v) is 5.55. The molecule has 134 valence electrons. The Morgan fingerprint density at radius 2 is 1.92 bits per heavy atom. The van der Waals surface area contributed by atoms with Crippen molar-refractivity contribution >= 4 is 34.9 Å². The Labute approximate surface area is 158 Å². The van der Waals surface area contributed by atoms with Crippen molar-refractivity contribution in [2.24, 2.45) is 0 Å². The quantitative estimate of drug-likeness (QED) is 0.309. The van der Waals surface area contributed by atoms with Crippen LogP contribution in [-0.2, 0) is 4.74 Å². The number of benzene rings is 2. The van der Waals surface area contributed by atoms with Gasteiger partial charge in [-0.05, 0) is 12.1 Å². The van der Waals surface area contributed by atoms with E-state index in [0.29, 0.717) is 0 Å². The van der Waals surface area contributed by atoms with Gasteiger partial charge in [-0.3, -0.25) is 10.1 Å². The second kappa shape index (κ2) is 8.43. The highest BCUT2D eigenvalue weighted by Crippen LogP contribution is 2.38. The van der Waals surface area contributed by atoms with E-state index < -0.39 is 16.6 Å². The van der Waals surface area contributed by atoms with Gasteiger partial charge in [0, 0.05) is 18.2 Å². The fourth-order valence-electron chi connectivity index (χ4n) is 1.96. The Kier molecular flexibility index (Phi) is 6.28. The number of esters is 1. The van der Waals surface area contributed by atoms with Crippen molar-refractivity contribution in [1.82, 2.24) is 0 Å². The van der Waals surface area contributed by atoms with Gasteiger partial charge in [0.2, 0.25) is 0 Å². The van der Waals surface area contributed by atoms with E-state index in [2.05, 4.69) is 10.7 Å². The summed E-state index contributed by atoms with van der Waals surface area (Å²) in [5, 5.41) is 11.4. The third kappa shape index (κ3) is 4.36. The van der Waals surface area contributed by atoms with Crippen LogP contribution in [0, 0.1) is 22.5 Å². The topological polar surface area (TPSA) is 87.9 Å². The minimum Gasteiger partial charge on any atom is -0.479 e. The molecule has 0 N–H and O–H groups in total. The smallest absolute Gasteiger partial charge is 0.345 e. The first-order chi connectivity index (χ1) is 12.4. The molecule has 0 saturated carbocycles. The molecule has 2 aromatic carbocycles. The fourth-order valence-corrected chi connectivity index (χ4v) is 2.43. The number of hydrogen-bond donors (Lipinski definition) is 0. The third-order valence-electron chi connectivity index (χ3n) is 3.10. The van der Waals surface area contributed by atoms with E-state index in [-0.39, 0.29) is 39.5 Å². The first-order valence-electron chi connectivity index (χ1n) is 6.97. The van der Waals surface area contributed by atoms with E-state index >= 15 is 0 Å². The Morgan fingerprint density at radius 1 is 1.23 bits per heavy atom. The lowest BCUT2D eigenvalue weighted by atomic mass is 10.1. The van der Waals surface area contributed by atoms with E-state index in [4.69, 9.17) is 39.1 Å². The van der Waals surface area contributed by atoms with Crippen LogP contribution in [-0.4, -0.2) is 24.6 Å². The number of methoxy groups -OCH3 is 1. The number of rotatable bonds is 6. The number of nitro groups is 1. The molecule has 0 atom stereocenters. The molecule has 0 unspecified atom stereocenters. The molecule has 0 aliphatic heterocycles. The van der Waals surface area contributed by atoms with Crippen LogP contribution in [0.3, 0.4) is 0 Å². The zero-order valence-corrected chi connectivity index (χ0v) is 14.8. The second-order valence-electron chi connectivity index (χ2n) is 4.74. The molecule has 2 aromatic rings. The Hall–Kier alpha value is -2.95. The number of carbonyl (C=O) groups is 1. The first kappa shape index (κ1) is 19.4. The van der Waals surface area contributed by atoms with Crippen molar-refractivity contribution in [1.29, 1.82) is 0 Å². The molecule has 26 heavy (non-hydrogen) atoms. The summed E-state index contributed by atoms with van der Waals surface area (Å²) in [6.45, 7) is -0.00911. The number of hydrogen-bond acceptors (Lipinski definition) is 6. The number of ether oxygens (including phenoxy) is 3. The van der Waals surface area contributed by atoms with E-state index in [1.807, 2.05) is 0 Å². The lowest BCUT2D eigenvalue weighted by Crippen LogP contribution is -2.06. The normalized spacial score (nSPS) is 9.92. The van der Waals surface area contributed by atoms with E-state index in [0.717, 1.165) is 13.2 Å². The van der Waals surface area contributed by atoms with Crippen molar-refractivity contribution in [2.45, 2.75) is 0 Å². The van der Waals surface area contributed by atoms with Gasteiger partial charge in [0.25, 0.3) is 5.69 Å². The molecule has 9 heteroatoms. The lowest BCUT2D eigenvalue weighted by molar-refractivity contribution is -0.385. The molecule has 0 radical (unpaired) electrons. The average molecular weight is 396 g/mol. The molecular formula is C17H11Cl2NO6. The van der Waals surface area contributed by atoms with Crippen LogP contribution in [0.15, 0.2) is 30.3 Å². The minimum absolute atomic E-state index is 0.00911. The maximum Gasteiger partial charge on any atom is 0.345 e. The van der Waals surface area contributed by atoms with Gasteiger partial charge in [-0.15, -0.1) is 6.42 Å². The molecule has 0 aliphatic rings. The van der Waals surface area contributed by atoms with Crippen molar-refractivity contribution in [3.8, 4) is 29.6 Å². The lowest BCUT2D eigenvalue weighted by Gasteiger charge is -2.12. The third-order valence-corrected chi connectivity index (χ3v) is 3.69. The van der Waals surface area contributed by atoms with Crippen LogP contribution in [0.4, 0.5) is 5.69 Å². The molecule has 0 heterocycles. The predicted molar refractivity (Wildman–Crippen MR) is 95.3 cm³/mol. The fraction of sp³-hybridized carbons (Fsp3) is 0.118. The van der Waals surface area contributed by atoms with Gasteiger partial charge in [-0.25, -0.2) is 4.79 Å². The Bertz CT molecular complexity index is 907. The van der Waals surface area contributed by atoms with Crippen LogP contribution in [0.25, 0.3) is 0 Å². The summed E-state index contributed by atoms with van der Waals surface area (Å²) in [4.78, 5) is 22.1. The van der Waals surface area contributed by atoms with Gasteiger partial charge in [-0.1, -0.05) is 29.1 Å². The molecule has 0 aromatic heterocycles. The summed E-state index contributed by atoms with van der Waals surface area (Å²) >= 11 is 12.1. The maximum absolute atomic E-state index is 11.8. The van der Waals surface area contributed by atoms with E-state index in [1.165, 1.54) is 24.3 Å². The van der Waals surface area contributed by atoms with Gasteiger partial charge in [0.15, 0.2) is 0 Å².